The SMILES string of the molecule is Brc1ccc(-c2ccc(NCC3CCCN3)nn2)cc1. The van der Waals surface area contributed by atoms with Crippen LogP contribution in [0.1, 0.15) is 12.8 Å². The summed E-state index contributed by atoms with van der Waals surface area (Å²) in [6.45, 7) is 2.03. The van der Waals surface area contributed by atoms with Gasteiger partial charge in [0.1, 0.15) is 5.82 Å². The summed E-state index contributed by atoms with van der Waals surface area (Å²) in [5, 5.41) is 15.3. The maximum atomic E-state index is 4.28. The van der Waals surface area contributed by atoms with Gasteiger partial charge in [0.25, 0.3) is 0 Å². The van der Waals surface area contributed by atoms with Crippen LogP contribution in [0.25, 0.3) is 11.3 Å². The summed E-state index contributed by atoms with van der Waals surface area (Å²) in [6, 6.07) is 12.6. The van der Waals surface area contributed by atoms with Crippen molar-refractivity contribution in [2.24, 2.45) is 0 Å². The molecule has 2 aromatic rings. The van der Waals surface area contributed by atoms with E-state index in [1.165, 1.54) is 12.8 Å². The molecule has 3 rings (SSSR count). The fourth-order valence-electron chi connectivity index (χ4n) is 2.36. The number of rotatable bonds is 4. The lowest BCUT2D eigenvalue weighted by Gasteiger charge is -2.11. The number of aromatic nitrogens is 2. The van der Waals surface area contributed by atoms with Gasteiger partial charge in [-0.25, -0.2) is 0 Å². The van der Waals surface area contributed by atoms with Crippen LogP contribution in [-0.2, 0) is 0 Å². The first kappa shape index (κ1) is 13.5. The summed E-state index contributed by atoms with van der Waals surface area (Å²) in [4.78, 5) is 0. The van der Waals surface area contributed by atoms with E-state index in [0.29, 0.717) is 6.04 Å². The predicted octanol–water partition coefficient (Wildman–Crippen LogP) is 3.07. The molecule has 4 nitrogen and oxygen atoms in total. The second kappa shape index (κ2) is 6.33. The monoisotopic (exact) mass is 332 g/mol. The van der Waals surface area contributed by atoms with E-state index >= 15 is 0 Å². The van der Waals surface area contributed by atoms with Crippen LogP contribution in [-0.4, -0.2) is 29.3 Å². The van der Waals surface area contributed by atoms with Crippen LogP contribution in [0.5, 0.6) is 0 Å². The zero-order valence-electron chi connectivity index (χ0n) is 11.1. The molecule has 1 aromatic carbocycles. The van der Waals surface area contributed by atoms with E-state index in [0.717, 1.165) is 34.6 Å². The Morgan fingerprint density at radius 1 is 1.15 bits per heavy atom. The predicted molar refractivity (Wildman–Crippen MR) is 84.7 cm³/mol. The average Bonchev–Trinajstić information content (AvgIpc) is 3.00. The van der Waals surface area contributed by atoms with Crippen LogP contribution < -0.4 is 10.6 Å². The van der Waals surface area contributed by atoms with E-state index in [4.69, 9.17) is 0 Å². The lowest BCUT2D eigenvalue weighted by Crippen LogP contribution is -2.29. The summed E-state index contributed by atoms with van der Waals surface area (Å²) in [5.41, 5.74) is 1.96. The van der Waals surface area contributed by atoms with E-state index in [2.05, 4.69) is 36.8 Å². The van der Waals surface area contributed by atoms with Crippen LogP contribution in [0.2, 0.25) is 0 Å². The van der Waals surface area contributed by atoms with E-state index < -0.39 is 0 Å². The Morgan fingerprint density at radius 2 is 2.00 bits per heavy atom. The summed E-state index contributed by atoms with van der Waals surface area (Å²) in [5.74, 6) is 0.833. The molecule has 1 saturated heterocycles. The number of benzene rings is 1. The Hall–Kier alpha value is -1.46. The lowest BCUT2D eigenvalue weighted by molar-refractivity contribution is 0.632. The van der Waals surface area contributed by atoms with Gasteiger partial charge in [-0.15, -0.1) is 10.2 Å². The average molecular weight is 333 g/mol. The number of hydrogen-bond acceptors (Lipinski definition) is 4. The molecule has 0 amide bonds. The highest BCUT2D eigenvalue weighted by molar-refractivity contribution is 9.10. The van der Waals surface area contributed by atoms with Crippen molar-refractivity contribution in [2.75, 3.05) is 18.4 Å². The quantitative estimate of drug-likeness (QED) is 0.903. The molecule has 1 aliphatic heterocycles. The minimum Gasteiger partial charge on any atom is -0.367 e. The Bertz CT molecular complexity index is 547. The third-order valence-corrected chi connectivity index (χ3v) is 4.03. The first-order valence-corrected chi connectivity index (χ1v) is 7.67. The molecule has 1 atom stereocenters. The maximum absolute atomic E-state index is 4.28. The van der Waals surface area contributed by atoms with Gasteiger partial charge in [0.15, 0.2) is 0 Å². The first-order chi connectivity index (χ1) is 9.81. The van der Waals surface area contributed by atoms with Crippen LogP contribution in [0, 0.1) is 0 Å². The van der Waals surface area contributed by atoms with Gasteiger partial charge in [0, 0.05) is 22.6 Å². The fraction of sp³-hybridized carbons (Fsp3) is 0.333. The molecule has 0 spiro atoms. The fourth-order valence-corrected chi connectivity index (χ4v) is 2.62. The zero-order chi connectivity index (χ0) is 13.8. The zero-order valence-corrected chi connectivity index (χ0v) is 12.7. The number of anilines is 1. The Balaban J connectivity index is 1.63. The Morgan fingerprint density at radius 3 is 2.65 bits per heavy atom. The molecular weight excluding hydrogens is 316 g/mol. The van der Waals surface area contributed by atoms with E-state index in [-0.39, 0.29) is 0 Å². The van der Waals surface area contributed by atoms with E-state index in [1.54, 1.807) is 0 Å². The highest BCUT2D eigenvalue weighted by Gasteiger charge is 2.13. The summed E-state index contributed by atoms with van der Waals surface area (Å²) < 4.78 is 1.07. The molecule has 2 heterocycles. The third-order valence-electron chi connectivity index (χ3n) is 3.50. The molecule has 0 bridgehead atoms. The molecule has 5 heteroatoms. The number of nitrogens with one attached hydrogen (secondary N) is 2. The van der Waals surface area contributed by atoms with Gasteiger partial charge in [-0.1, -0.05) is 28.1 Å². The van der Waals surface area contributed by atoms with Crippen molar-refractivity contribution >= 4 is 21.7 Å². The second-order valence-electron chi connectivity index (χ2n) is 4.98. The standard InChI is InChI=1S/C15H17BrN4/c16-12-5-3-11(4-6-12)14-7-8-15(20-19-14)18-10-13-2-1-9-17-13/h3-8,13,17H,1-2,9-10H2,(H,18,20). The molecular formula is C15H17BrN4. The third kappa shape index (κ3) is 3.35. The highest BCUT2D eigenvalue weighted by atomic mass is 79.9. The molecule has 0 aliphatic carbocycles. The summed E-state index contributed by atoms with van der Waals surface area (Å²) in [7, 11) is 0. The van der Waals surface area contributed by atoms with Crippen molar-refractivity contribution in [3.63, 3.8) is 0 Å². The maximum Gasteiger partial charge on any atom is 0.148 e. The molecule has 20 heavy (non-hydrogen) atoms. The molecule has 1 aromatic heterocycles. The summed E-state index contributed by atoms with van der Waals surface area (Å²) >= 11 is 3.43. The molecule has 104 valence electrons. The van der Waals surface area contributed by atoms with Crippen molar-refractivity contribution in [2.45, 2.75) is 18.9 Å². The molecule has 1 aliphatic rings. The molecule has 0 saturated carbocycles. The van der Waals surface area contributed by atoms with Crippen LogP contribution in [0.4, 0.5) is 5.82 Å². The van der Waals surface area contributed by atoms with Gasteiger partial charge in [0.05, 0.1) is 5.69 Å². The molecule has 1 unspecified atom stereocenters. The van der Waals surface area contributed by atoms with Gasteiger partial charge in [-0.3, -0.25) is 0 Å². The van der Waals surface area contributed by atoms with Gasteiger partial charge in [-0.05, 0) is 43.7 Å². The normalized spacial score (nSPS) is 18.1. The van der Waals surface area contributed by atoms with E-state index in [1.807, 2.05) is 36.4 Å². The van der Waals surface area contributed by atoms with Crippen LogP contribution >= 0.6 is 15.9 Å². The van der Waals surface area contributed by atoms with Gasteiger partial charge >= 0.3 is 0 Å². The molecule has 0 radical (unpaired) electrons. The van der Waals surface area contributed by atoms with Crippen molar-refractivity contribution in [3.8, 4) is 11.3 Å². The minimum atomic E-state index is 0.558. The number of hydrogen-bond donors (Lipinski definition) is 2. The first-order valence-electron chi connectivity index (χ1n) is 6.88. The largest absolute Gasteiger partial charge is 0.367 e. The second-order valence-corrected chi connectivity index (χ2v) is 5.90. The Kier molecular flexibility index (Phi) is 4.28. The van der Waals surface area contributed by atoms with E-state index in [9.17, 15) is 0 Å². The topological polar surface area (TPSA) is 49.8 Å². The smallest absolute Gasteiger partial charge is 0.148 e. The highest BCUT2D eigenvalue weighted by Crippen LogP contribution is 2.20. The van der Waals surface area contributed by atoms with Crippen LogP contribution in [0.15, 0.2) is 40.9 Å². The van der Waals surface area contributed by atoms with Gasteiger partial charge in [-0.2, -0.15) is 0 Å². The number of nitrogens with zero attached hydrogens (tertiary/aromatic N) is 2. The molecule has 2 N–H and O–H groups in total. The Labute approximate surface area is 127 Å². The van der Waals surface area contributed by atoms with Crippen molar-refractivity contribution < 1.29 is 0 Å². The van der Waals surface area contributed by atoms with Gasteiger partial charge in [0.2, 0.25) is 0 Å². The lowest BCUT2D eigenvalue weighted by atomic mass is 10.1. The van der Waals surface area contributed by atoms with Crippen LogP contribution in [0.3, 0.4) is 0 Å². The number of halogens is 1. The van der Waals surface area contributed by atoms with Gasteiger partial charge < -0.3 is 10.6 Å². The van der Waals surface area contributed by atoms with Crippen molar-refractivity contribution in [1.29, 1.82) is 0 Å². The minimum absolute atomic E-state index is 0.558. The van der Waals surface area contributed by atoms with Crippen molar-refractivity contribution in [1.82, 2.24) is 15.5 Å². The van der Waals surface area contributed by atoms with Crippen molar-refractivity contribution in [3.05, 3.63) is 40.9 Å². The summed E-state index contributed by atoms with van der Waals surface area (Å²) in [6.07, 6.45) is 2.50. The molecule has 1 fully saturated rings.